The molecular formula is C37H41F7O. The van der Waals surface area contributed by atoms with E-state index in [0.29, 0.717) is 24.3 Å². The SMILES string of the molecule is CCCCCC1CCC(c2ccc(C3CCC(C(F)(F)Oc4ccc(-c5cc(F)c(CF)c(F)c5)c(F)c4)CC3)c(F)c2)CC1. The van der Waals surface area contributed by atoms with Crippen molar-refractivity contribution in [2.45, 2.75) is 109 Å². The monoisotopic (exact) mass is 634 g/mol. The van der Waals surface area contributed by atoms with E-state index in [2.05, 4.69) is 6.92 Å². The van der Waals surface area contributed by atoms with Gasteiger partial charge in [-0.3, -0.25) is 0 Å². The first-order valence-electron chi connectivity index (χ1n) is 16.3. The largest absolute Gasteiger partial charge is 0.432 e. The van der Waals surface area contributed by atoms with Crippen molar-refractivity contribution in [2.75, 3.05) is 0 Å². The molecule has 2 aliphatic carbocycles. The summed E-state index contributed by atoms with van der Waals surface area (Å²) >= 11 is 0. The van der Waals surface area contributed by atoms with Gasteiger partial charge in [-0.05, 0) is 116 Å². The highest BCUT2D eigenvalue weighted by Crippen LogP contribution is 2.45. The van der Waals surface area contributed by atoms with Gasteiger partial charge < -0.3 is 4.74 Å². The van der Waals surface area contributed by atoms with Crippen LogP contribution in [0.3, 0.4) is 0 Å². The molecule has 0 heterocycles. The second-order valence-corrected chi connectivity index (χ2v) is 12.9. The van der Waals surface area contributed by atoms with E-state index in [1.807, 2.05) is 12.1 Å². The topological polar surface area (TPSA) is 9.23 Å². The Kier molecular flexibility index (Phi) is 10.8. The van der Waals surface area contributed by atoms with Gasteiger partial charge in [0.05, 0.1) is 11.5 Å². The average Bonchev–Trinajstić information content (AvgIpc) is 3.01. The first-order chi connectivity index (χ1) is 21.6. The van der Waals surface area contributed by atoms with Crippen LogP contribution < -0.4 is 4.74 Å². The maximum atomic E-state index is 15.3. The molecule has 0 amide bonds. The van der Waals surface area contributed by atoms with Crippen LogP contribution in [-0.2, 0) is 6.67 Å². The third-order valence-electron chi connectivity index (χ3n) is 9.98. The van der Waals surface area contributed by atoms with Gasteiger partial charge in [0.1, 0.15) is 35.7 Å². The zero-order chi connectivity index (χ0) is 32.1. The maximum absolute atomic E-state index is 15.3. The van der Waals surface area contributed by atoms with Crippen LogP contribution in [0.1, 0.15) is 112 Å². The summed E-state index contributed by atoms with van der Waals surface area (Å²) in [5.41, 5.74) is 0.403. The van der Waals surface area contributed by atoms with Gasteiger partial charge in [0.15, 0.2) is 0 Å². The summed E-state index contributed by atoms with van der Waals surface area (Å²) in [6, 6.07) is 10.0. The average molecular weight is 635 g/mol. The third kappa shape index (κ3) is 7.86. The van der Waals surface area contributed by atoms with Gasteiger partial charge in [-0.25, -0.2) is 22.0 Å². The summed E-state index contributed by atoms with van der Waals surface area (Å²) in [5, 5.41) is 0. The molecule has 2 fully saturated rings. The summed E-state index contributed by atoms with van der Waals surface area (Å²) in [5.74, 6) is -4.20. The highest BCUT2D eigenvalue weighted by Gasteiger charge is 2.44. The molecule has 0 unspecified atom stereocenters. The van der Waals surface area contributed by atoms with Gasteiger partial charge in [0.2, 0.25) is 0 Å². The van der Waals surface area contributed by atoms with Crippen molar-refractivity contribution in [3.8, 4) is 16.9 Å². The smallest absolute Gasteiger partial charge is 0.400 e. The van der Waals surface area contributed by atoms with Gasteiger partial charge in [-0.1, -0.05) is 44.7 Å². The Morgan fingerprint density at radius 3 is 1.98 bits per heavy atom. The summed E-state index contributed by atoms with van der Waals surface area (Å²) < 4.78 is 106. The lowest BCUT2D eigenvalue weighted by Crippen LogP contribution is -2.37. The predicted molar refractivity (Wildman–Crippen MR) is 162 cm³/mol. The summed E-state index contributed by atoms with van der Waals surface area (Å²) in [6.45, 7) is 0.860. The molecule has 45 heavy (non-hydrogen) atoms. The van der Waals surface area contributed by atoms with E-state index in [9.17, 15) is 17.6 Å². The Balaban J connectivity index is 1.16. The zero-order valence-electron chi connectivity index (χ0n) is 25.7. The van der Waals surface area contributed by atoms with Gasteiger partial charge >= 0.3 is 6.11 Å². The standard InChI is InChI=1S/C37H41F7O/c1-2-3-4-5-23-6-8-24(9-7-23)26-12-16-30(33(39)18-26)25-10-13-28(14-11-25)37(43,44)45-29-15-17-31(36(42)21-29)27-19-34(40)32(22-38)35(41)20-27/h12,15-21,23-25,28H,2-11,13-14,22H2,1H3. The first-order valence-corrected chi connectivity index (χ1v) is 16.3. The summed E-state index contributed by atoms with van der Waals surface area (Å²) in [7, 11) is 0. The van der Waals surface area contributed by atoms with Crippen molar-refractivity contribution in [1.82, 2.24) is 0 Å². The molecule has 8 heteroatoms. The van der Waals surface area contributed by atoms with Crippen LogP contribution in [0.5, 0.6) is 5.75 Å². The van der Waals surface area contributed by atoms with Gasteiger partial charge in [0, 0.05) is 11.6 Å². The van der Waals surface area contributed by atoms with Crippen molar-refractivity contribution in [3.05, 3.63) is 88.5 Å². The second kappa shape index (κ2) is 14.6. The molecule has 0 saturated heterocycles. The Hall–Kier alpha value is -3.03. The molecule has 244 valence electrons. The quantitative estimate of drug-likeness (QED) is 0.151. The molecule has 0 radical (unpaired) electrons. The molecule has 2 aliphatic rings. The van der Waals surface area contributed by atoms with Crippen molar-refractivity contribution >= 4 is 0 Å². The fraction of sp³-hybridized carbons (Fsp3) is 0.514. The second-order valence-electron chi connectivity index (χ2n) is 12.9. The van der Waals surface area contributed by atoms with E-state index in [1.54, 1.807) is 6.07 Å². The normalized spacial score (nSPS) is 22.4. The molecule has 1 nitrogen and oxygen atoms in total. The molecule has 0 aromatic heterocycles. The van der Waals surface area contributed by atoms with Crippen LogP contribution >= 0.6 is 0 Å². The van der Waals surface area contributed by atoms with Crippen molar-refractivity contribution in [3.63, 3.8) is 0 Å². The molecule has 3 aromatic rings. The first kappa shape index (κ1) is 33.3. The van der Waals surface area contributed by atoms with Crippen LogP contribution in [0.15, 0.2) is 48.5 Å². The highest BCUT2D eigenvalue weighted by molar-refractivity contribution is 5.65. The number of unbranched alkanes of at least 4 members (excludes halogenated alkanes) is 2. The number of rotatable bonds is 11. The van der Waals surface area contributed by atoms with E-state index in [1.165, 1.54) is 38.5 Å². The van der Waals surface area contributed by atoms with Crippen LogP contribution in [-0.4, -0.2) is 6.11 Å². The molecule has 0 bridgehead atoms. The minimum Gasteiger partial charge on any atom is -0.432 e. The lowest BCUT2D eigenvalue weighted by Gasteiger charge is -2.34. The fourth-order valence-electron chi connectivity index (χ4n) is 7.26. The molecule has 3 aromatic carbocycles. The Morgan fingerprint density at radius 1 is 0.711 bits per heavy atom. The number of alkyl halides is 3. The molecule has 0 atom stereocenters. The summed E-state index contributed by atoms with van der Waals surface area (Å²) in [4.78, 5) is 0. The van der Waals surface area contributed by atoms with E-state index >= 15 is 13.2 Å². The van der Waals surface area contributed by atoms with E-state index in [0.717, 1.165) is 54.7 Å². The Bertz CT molecular complexity index is 1420. The molecule has 0 N–H and O–H groups in total. The van der Waals surface area contributed by atoms with Crippen LogP contribution in [0.25, 0.3) is 11.1 Å². The van der Waals surface area contributed by atoms with Crippen molar-refractivity contribution < 1.29 is 35.5 Å². The third-order valence-corrected chi connectivity index (χ3v) is 9.98. The molecule has 0 aliphatic heterocycles. The molecule has 0 spiro atoms. The maximum Gasteiger partial charge on any atom is 0.400 e. The minimum absolute atomic E-state index is 0.112. The van der Waals surface area contributed by atoms with Gasteiger partial charge in [-0.15, -0.1) is 0 Å². The summed E-state index contributed by atoms with van der Waals surface area (Å²) in [6.07, 6.45) is 6.98. The molecular weight excluding hydrogens is 593 g/mol. The van der Waals surface area contributed by atoms with Crippen molar-refractivity contribution in [2.24, 2.45) is 11.8 Å². The van der Waals surface area contributed by atoms with E-state index in [-0.39, 0.29) is 35.7 Å². The van der Waals surface area contributed by atoms with Gasteiger partial charge in [-0.2, -0.15) is 8.78 Å². The molecule has 5 rings (SSSR count). The van der Waals surface area contributed by atoms with Gasteiger partial charge in [0.25, 0.3) is 0 Å². The van der Waals surface area contributed by atoms with Crippen molar-refractivity contribution in [1.29, 1.82) is 0 Å². The molecule has 2 saturated carbocycles. The predicted octanol–water partition coefficient (Wildman–Crippen LogP) is 12.2. The Morgan fingerprint density at radius 2 is 1.38 bits per heavy atom. The van der Waals surface area contributed by atoms with E-state index < -0.39 is 47.5 Å². The number of benzene rings is 3. The highest BCUT2D eigenvalue weighted by atomic mass is 19.3. The minimum atomic E-state index is -3.60. The lowest BCUT2D eigenvalue weighted by atomic mass is 9.75. The Labute approximate surface area is 261 Å². The van der Waals surface area contributed by atoms with Crippen LogP contribution in [0.4, 0.5) is 30.7 Å². The fourth-order valence-corrected chi connectivity index (χ4v) is 7.26. The lowest BCUT2D eigenvalue weighted by molar-refractivity contribution is -0.222. The number of halogens is 7. The van der Waals surface area contributed by atoms with Crippen LogP contribution in [0, 0.1) is 35.1 Å². The van der Waals surface area contributed by atoms with Crippen LogP contribution in [0.2, 0.25) is 0 Å². The number of ether oxygens (including phenoxy) is 1. The van der Waals surface area contributed by atoms with E-state index in [4.69, 9.17) is 4.74 Å². The number of hydrogen-bond donors (Lipinski definition) is 0. The number of hydrogen-bond acceptors (Lipinski definition) is 1. The zero-order valence-corrected chi connectivity index (χ0v) is 25.7.